The van der Waals surface area contributed by atoms with Crippen LogP contribution in [0.4, 0.5) is 0 Å². The third-order valence-corrected chi connectivity index (χ3v) is 5.05. The number of nitrogens with zero attached hydrogens (tertiary/aromatic N) is 1. The summed E-state index contributed by atoms with van der Waals surface area (Å²) in [6.07, 6.45) is 9.17. The molecule has 0 radical (unpaired) electrons. The van der Waals surface area contributed by atoms with Gasteiger partial charge in [-0.1, -0.05) is 24.3 Å². The van der Waals surface area contributed by atoms with Crippen LogP contribution in [0.5, 0.6) is 0 Å². The van der Waals surface area contributed by atoms with Crippen molar-refractivity contribution in [2.45, 2.75) is 32.1 Å². The number of rotatable bonds is 4. The van der Waals surface area contributed by atoms with Crippen molar-refractivity contribution in [1.82, 2.24) is 4.90 Å². The Morgan fingerprint density at radius 1 is 1.04 bits per heavy atom. The minimum atomic E-state index is -0.384. The fraction of sp³-hybridized carbons (Fsp3) is 0.474. The average molecular weight is 312 g/mol. The van der Waals surface area contributed by atoms with E-state index >= 15 is 0 Å². The lowest BCUT2D eigenvalue weighted by Crippen LogP contribution is -2.41. The zero-order valence-electron chi connectivity index (χ0n) is 13.4. The maximum atomic E-state index is 12.4. The quantitative estimate of drug-likeness (QED) is 0.868. The number of allylic oxidation sites excluding steroid dienone is 2. The molecule has 0 spiro atoms. The van der Waals surface area contributed by atoms with Crippen LogP contribution in [0.15, 0.2) is 36.4 Å². The van der Waals surface area contributed by atoms with E-state index in [0.29, 0.717) is 17.4 Å². The van der Waals surface area contributed by atoms with Crippen molar-refractivity contribution < 1.29 is 9.59 Å². The third-order valence-electron chi connectivity index (χ3n) is 5.05. The number of nitrogens with two attached hydrogens (primary N) is 1. The molecule has 1 aliphatic heterocycles. The summed E-state index contributed by atoms with van der Waals surface area (Å²) in [6.45, 7) is 1.75. The molecule has 4 heteroatoms. The normalized spacial score (nSPS) is 19.2. The highest BCUT2D eigenvalue weighted by atomic mass is 16.2. The van der Waals surface area contributed by atoms with Gasteiger partial charge in [0.1, 0.15) is 0 Å². The van der Waals surface area contributed by atoms with Gasteiger partial charge in [0.05, 0.1) is 0 Å². The molecule has 1 saturated heterocycles. The molecule has 2 N–H and O–H groups in total. The highest BCUT2D eigenvalue weighted by Crippen LogP contribution is 2.26. The molecule has 23 heavy (non-hydrogen) atoms. The van der Waals surface area contributed by atoms with Gasteiger partial charge in [0, 0.05) is 24.6 Å². The molecule has 1 heterocycles. The van der Waals surface area contributed by atoms with Crippen molar-refractivity contribution in [1.29, 1.82) is 0 Å². The Kier molecular flexibility index (Phi) is 4.79. The lowest BCUT2D eigenvalue weighted by molar-refractivity contribution is -0.136. The number of carbonyl (C=O) groups excluding carboxylic acids is 2. The summed E-state index contributed by atoms with van der Waals surface area (Å²) < 4.78 is 0. The molecule has 1 fully saturated rings. The SMILES string of the molecule is NC(=O)c1ccc(CC2CCN(C(=O)C3CC=CC3)CC2)cc1. The topological polar surface area (TPSA) is 63.4 Å². The van der Waals surface area contributed by atoms with E-state index in [2.05, 4.69) is 12.2 Å². The van der Waals surface area contributed by atoms with Crippen LogP contribution in [0.1, 0.15) is 41.6 Å². The van der Waals surface area contributed by atoms with Crippen molar-refractivity contribution in [3.63, 3.8) is 0 Å². The van der Waals surface area contributed by atoms with Gasteiger partial charge in [-0.05, 0) is 55.7 Å². The second-order valence-corrected chi connectivity index (χ2v) is 6.67. The molecule has 1 aromatic carbocycles. The van der Waals surface area contributed by atoms with Gasteiger partial charge in [-0.2, -0.15) is 0 Å². The highest BCUT2D eigenvalue weighted by Gasteiger charge is 2.28. The minimum Gasteiger partial charge on any atom is -0.366 e. The van der Waals surface area contributed by atoms with Gasteiger partial charge >= 0.3 is 0 Å². The first-order valence-electron chi connectivity index (χ1n) is 8.46. The third kappa shape index (κ3) is 3.81. The van der Waals surface area contributed by atoms with E-state index in [1.165, 1.54) is 5.56 Å². The van der Waals surface area contributed by atoms with Gasteiger partial charge in [0.2, 0.25) is 11.8 Å². The molecular weight excluding hydrogens is 288 g/mol. The Morgan fingerprint density at radius 3 is 2.22 bits per heavy atom. The van der Waals surface area contributed by atoms with E-state index in [1.807, 2.05) is 17.0 Å². The summed E-state index contributed by atoms with van der Waals surface area (Å²) in [4.78, 5) is 25.5. The van der Waals surface area contributed by atoms with E-state index in [9.17, 15) is 9.59 Å². The second-order valence-electron chi connectivity index (χ2n) is 6.67. The summed E-state index contributed by atoms with van der Waals surface area (Å²) >= 11 is 0. The maximum Gasteiger partial charge on any atom is 0.248 e. The average Bonchev–Trinajstić information content (AvgIpc) is 3.10. The summed E-state index contributed by atoms with van der Waals surface area (Å²) in [5.74, 6) is 0.747. The Hall–Kier alpha value is -2.10. The monoisotopic (exact) mass is 312 g/mol. The summed E-state index contributed by atoms with van der Waals surface area (Å²) in [5.41, 5.74) is 7.05. The standard InChI is InChI=1S/C19H24N2O2/c20-18(22)16-7-5-14(6-8-16)13-15-9-11-21(12-10-15)19(23)17-3-1-2-4-17/h1-2,5-8,15,17H,3-4,9-13H2,(H2,20,22). The zero-order valence-corrected chi connectivity index (χ0v) is 13.4. The van der Waals surface area contributed by atoms with Crippen LogP contribution in [0.25, 0.3) is 0 Å². The smallest absolute Gasteiger partial charge is 0.248 e. The van der Waals surface area contributed by atoms with Crippen LogP contribution < -0.4 is 5.73 Å². The molecule has 0 atom stereocenters. The van der Waals surface area contributed by atoms with Crippen molar-refractivity contribution in [3.8, 4) is 0 Å². The van der Waals surface area contributed by atoms with Crippen molar-refractivity contribution in [2.24, 2.45) is 17.6 Å². The largest absolute Gasteiger partial charge is 0.366 e. The Labute approximate surface area is 137 Å². The number of piperidine rings is 1. The lowest BCUT2D eigenvalue weighted by Gasteiger charge is -2.33. The Balaban J connectivity index is 1.49. The highest BCUT2D eigenvalue weighted by molar-refractivity contribution is 5.92. The van der Waals surface area contributed by atoms with Gasteiger partial charge in [-0.15, -0.1) is 0 Å². The second kappa shape index (κ2) is 6.99. The predicted octanol–water partition coefficient (Wildman–Crippen LogP) is 2.53. The van der Waals surface area contributed by atoms with Crippen LogP contribution in [-0.2, 0) is 11.2 Å². The van der Waals surface area contributed by atoms with Crippen LogP contribution in [0.2, 0.25) is 0 Å². The molecule has 0 bridgehead atoms. The number of hydrogen-bond donors (Lipinski definition) is 1. The molecular formula is C19H24N2O2. The number of hydrogen-bond acceptors (Lipinski definition) is 2. The fourth-order valence-electron chi connectivity index (χ4n) is 3.57. The van der Waals surface area contributed by atoms with E-state index < -0.39 is 0 Å². The van der Waals surface area contributed by atoms with E-state index in [1.54, 1.807) is 12.1 Å². The lowest BCUT2D eigenvalue weighted by atomic mass is 9.89. The van der Waals surface area contributed by atoms with Crippen LogP contribution >= 0.6 is 0 Å². The van der Waals surface area contributed by atoms with Gasteiger partial charge in [-0.3, -0.25) is 9.59 Å². The molecule has 4 nitrogen and oxygen atoms in total. The molecule has 122 valence electrons. The number of likely N-dealkylation sites (tertiary alicyclic amines) is 1. The molecule has 1 aliphatic carbocycles. The van der Waals surface area contributed by atoms with E-state index in [-0.39, 0.29) is 11.8 Å². The van der Waals surface area contributed by atoms with Crippen molar-refractivity contribution in [2.75, 3.05) is 13.1 Å². The first kappa shape index (κ1) is 15.8. The van der Waals surface area contributed by atoms with Gasteiger partial charge in [-0.25, -0.2) is 0 Å². The Bertz CT molecular complexity index is 590. The van der Waals surface area contributed by atoms with Crippen LogP contribution in [-0.4, -0.2) is 29.8 Å². The summed E-state index contributed by atoms with van der Waals surface area (Å²) in [6, 6.07) is 7.57. The van der Waals surface area contributed by atoms with Crippen LogP contribution in [0.3, 0.4) is 0 Å². The first-order valence-corrected chi connectivity index (χ1v) is 8.46. The van der Waals surface area contributed by atoms with Crippen molar-refractivity contribution >= 4 is 11.8 Å². The molecule has 0 saturated carbocycles. The maximum absolute atomic E-state index is 12.4. The van der Waals surface area contributed by atoms with Crippen molar-refractivity contribution in [3.05, 3.63) is 47.5 Å². The Morgan fingerprint density at radius 2 is 1.65 bits per heavy atom. The van der Waals surface area contributed by atoms with Gasteiger partial charge in [0.25, 0.3) is 0 Å². The number of primary amides is 1. The summed E-state index contributed by atoms with van der Waals surface area (Å²) in [5, 5.41) is 0. The molecule has 1 aromatic rings. The first-order chi connectivity index (χ1) is 11.1. The molecule has 2 aliphatic rings. The molecule has 0 unspecified atom stereocenters. The fourth-order valence-corrected chi connectivity index (χ4v) is 3.57. The van der Waals surface area contributed by atoms with Gasteiger partial charge in [0.15, 0.2) is 0 Å². The predicted molar refractivity (Wildman–Crippen MR) is 89.8 cm³/mol. The molecule has 2 amide bonds. The van der Waals surface area contributed by atoms with E-state index in [0.717, 1.165) is 45.2 Å². The number of carbonyl (C=O) groups is 2. The minimum absolute atomic E-state index is 0.188. The zero-order chi connectivity index (χ0) is 16.2. The van der Waals surface area contributed by atoms with Gasteiger partial charge < -0.3 is 10.6 Å². The molecule has 0 aromatic heterocycles. The van der Waals surface area contributed by atoms with Crippen LogP contribution in [0, 0.1) is 11.8 Å². The number of amides is 2. The van der Waals surface area contributed by atoms with E-state index in [4.69, 9.17) is 5.73 Å². The number of benzene rings is 1. The molecule has 3 rings (SSSR count). The summed E-state index contributed by atoms with van der Waals surface area (Å²) in [7, 11) is 0.